The van der Waals surface area contributed by atoms with E-state index >= 15 is 0 Å². The Hall–Kier alpha value is -2.24. The van der Waals surface area contributed by atoms with Crippen LogP contribution in [0.15, 0.2) is 12.1 Å². The molecule has 1 N–H and O–H groups in total. The molecule has 5 nitrogen and oxygen atoms in total. The number of hydrogen-bond acceptors (Lipinski definition) is 3. The number of halogens is 1. The third-order valence-corrected chi connectivity index (χ3v) is 3.73. The molecule has 6 heteroatoms. The van der Waals surface area contributed by atoms with Gasteiger partial charge >= 0.3 is 0 Å². The lowest BCUT2D eigenvalue weighted by Crippen LogP contribution is -2.39. The van der Waals surface area contributed by atoms with Gasteiger partial charge in [0.15, 0.2) is 0 Å². The van der Waals surface area contributed by atoms with Crippen LogP contribution in [0.25, 0.3) is 10.9 Å². The van der Waals surface area contributed by atoms with Gasteiger partial charge in [-0.3, -0.25) is 19.6 Å². The van der Waals surface area contributed by atoms with Crippen LogP contribution in [0.3, 0.4) is 0 Å². The van der Waals surface area contributed by atoms with E-state index in [0.29, 0.717) is 23.1 Å². The zero-order valence-electron chi connectivity index (χ0n) is 11.2. The Labute approximate surface area is 114 Å². The average Bonchev–Trinajstić information content (AvgIpc) is 2.67. The minimum Gasteiger partial charge on any atom is -0.296 e. The van der Waals surface area contributed by atoms with Crippen molar-refractivity contribution in [3.8, 4) is 0 Å². The van der Waals surface area contributed by atoms with Crippen molar-refractivity contribution < 1.29 is 14.0 Å². The number of nitrogens with zero attached hydrogens (tertiary/aromatic N) is 2. The number of aryl methyl sites for hydroxylation is 2. The highest BCUT2D eigenvalue weighted by Crippen LogP contribution is 2.31. The highest BCUT2D eigenvalue weighted by atomic mass is 19.1. The van der Waals surface area contributed by atoms with Crippen molar-refractivity contribution in [2.45, 2.75) is 25.7 Å². The first-order valence-electron chi connectivity index (χ1n) is 6.44. The van der Waals surface area contributed by atoms with Crippen molar-refractivity contribution in [1.82, 2.24) is 15.1 Å². The number of piperidine rings is 1. The molecule has 1 unspecified atom stereocenters. The van der Waals surface area contributed by atoms with Crippen LogP contribution >= 0.6 is 0 Å². The topological polar surface area (TPSA) is 64.0 Å². The molecule has 1 aromatic carbocycles. The molecule has 0 aliphatic carbocycles. The van der Waals surface area contributed by atoms with Gasteiger partial charge < -0.3 is 0 Å². The fraction of sp³-hybridized carbons (Fsp3) is 0.357. The van der Waals surface area contributed by atoms with Gasteiger partial charge in [0.25, 0.3) is 0 Å². The maximum atomic E-state index is 13.8. The van der Waals surface area contributed by atoms with Crippen LogP contribution in [-0.2, 0) is 16.6 Å². The number of nitrogens with one attached hydrogen (secondary N) is 1. The van der Waals surface area contributed by atoms with E-state index in [9.17, 15) is 14.0 Å². The van der Waals surface area contributed by atoms with Crippen molar-refractivity contribution in [2.24, 2.45) is 7.05 Å². The third-order valence-electron chi connectivity index (χ3n) is 3.73. The van der Waals surface area contributed by atoms with Gasteiger partial charge in [0.05, 0.1) is 17.1 Å². The highest BCUT2D eigenvalue weighted by molar-refractivity contribution is 6.02. The minimum atomic E-state index is -0.501. The lowest BCUT2D eigenvalue weighted by atomic mass is 9.92. The number of aromatic nitrogens is 2. The number of imide groups is 1. The van der Waals surface area contributed by atoms with Gasteiger partial charge in [0, 0.05) is 18.9 Å². The summed E-state index contributed by atoms with van der Waals surface area (Å²) < 4.78 is 15.4. The lowest BCUT2D eigenvalue weighted by Gasteiger charge is -2.19. The summed E-state index contributed by atoms with van der Waals surface area (Å²) in [5.74, 6) is -1.45. The molecule has 0 radical (unpaired) electrons. The number of carbonyl (C=O) groups excluding carboxylic acids is 2. The van der Waals surface area contributed by atoms with Gasteiger partial charge in [0.1, 0.15) is 5.82 Å². The number of rotatable bonds is 1. The molecule has 1 aliphatic heterocycles. The number of benzene rings is 1. The fourth-order valence-corrected chi connectivity index (χ4v) is 2.62. The monoisotopic (exact) mass is 275 g/mol. The lowest BCUT2D eigenvalue weighted by molar-refractivity contribution is -0.134. The zero-order valence-corrected chi connectivity index (χ0v) is 11.2. The second kappa shape index (κ2) is 4.40. The molecule has 20 heavy (non-hydrogen) atoms. The second-order valence-electron chi connectivity index (χ2n) is 5.13. The first kappa shape index (κ1) is 12.8. The molecule has 1 atom stereocenters. The molecule has 1 fully saturated rings. The predicted molar refractivity (Wildman–Crippen MR) is 70.5 cm³/mol. The Morgan fingerprint density at radius 3 is 2.85 bits per heavy atom. The number of fused-ring (bicyclic) bond motifs is 1. The Balaban J connectivity index is 2.14. The van der Waals surface area contributed by atoms with E-state index < -0.39 is 5.92 Å². The standard InChI is InChI=1S/C14H14FN3O2/c1-7-5-11-9(6-10(7)15)13(17-18(11)2)8-3-4-12(19)16-14(8)20/h5-6,8H,3-4H2,1-2H3,(H,16,19,20). The molecule has 0 bridgehead atoms. The molecule has 1 saturated heterocycles. The Morgan fingerprint density at radius 2 is 2.15 bits per heavy atom. The molecular weight excluding hydrogens is 261 g/mol. The van der Waals surface area contributed by atoms with Crippen molar-refractivity contribution in [3.63, 3.8) is 0 Å². The van der Waals surface area contributed by atoms with Gasteiger partial charge in [-0.2, -0.15) is 5.10 Å². The number of carbonyl (C=O) groups is 2. The molecule has 0 spiro atoms. The first-order chi connectivity index (χ1) is 9.47. The molecule has 3 rings (SSSR count). The van der Waals surface area contributed by atoms with E-state index in [1.807, 2.05) is 0 Å². The quantitative estimate of drug-likeness (QED) is 0.803. The summed E-state index contributed by atoms with van der Waals surface area (Å²) in [4.78, 5) is 23.1. The van der Waals surface area contributed by atoms with Gasteiger partial charge in [-0.15, -0.1) is 0 Å². The SMILES string of the molecule is Cc1cc2c(cc1F)c(C1CCC(=O)NC1=O)nn2C. The molecule has 2 heterocycles. The molecule has 2 aromatic rings. The minimum absolute atomic E-state index is 0.270. The molecule has 0 saturated carbocycles. The van der Waals surface area contributed by atoms with E-state index in [0.717, 1.165) is 5.52 Å². The van der Waals surface area contributed by atoms with E-state index in [1.54, 1.807) is 24.7 Å². The van der Waals surface area contributed by atoms with Gasteiger partial charge in [-0.05, 0) is 31.0 Å². The van der Waals surface area contributed by atoms with Crippen molar-refractivity contribution >= 4 is 22.7 Å². The van der Waals surface area contributed by atoms with Gasteiger partial charge in [-0.1, -0.05) is 0 Å². The fourth-order valence-electron chi connectivity index (χ4n) is 2.62. The zero-order chi connectivity index (χ0) is 14.4. The Kier molecular flexibility index (Phi) is 2.81. The summed E-state index contributed by atoms with van der Waals surface area (Å²) in [5, 5.41) is 7.29. The predicted octanol–water partition coefficient (Wildman–Crippen LogP) is 1.54. The van der Waals surface area contributed by atoms with Crippen LogP contribution in [0.1, 0.15) is 30.0 Å². The van der Waals surface area contributed by atoms with E-state index in [4.69, 9.17) is 0 Å². The third kappa shape index (κ3) is 1.88. The Morgan fingerprint density at radius 1 is 1.40 bits per heavy atom. The molecule has 1 aliphatic rings. The molecular formula is C14H14FN3O2. The smallest absolute Gasteiger partial charge is 0.235 e. The van der Waals surface area contributed by atoms with Crippen LogP contribution in [0, 0.1) is 12.7 Å². The summed E-state index contributed by atoms with van der Waals surface area (Å²) in [7, 11) is 1.76. The first-order valence-corrected chi connectivity index (χ1v) is 6.44. The maximum Gasteiger partial charge on any atom is 0.235 e. The normalized spacial score (nSPS) is 19.4. The molecule has 104 valence electrons. The second-order valence-corrected chi connectivity index (χ2v) is 5.13. The van der Waals surface area contributed by atoms with Crippen LogP contribution in [0.5, 0.6) is 0 Å². The van der Waals surface area contributed by atoms with Gasteiger partial charge in [-0.25, -0.2) is 4.39 Å². The van der Waals surface area contributed by atoms with Crippen LogP contribution in [0.2, 0.25) is 0 Å². The van der Waals surface area contributed by atoms with Crippen molar-refractivity contribution in [2.75, 3.05) is 0 Å². The number of amides is 2. The summed E-state index contributed by atoms with van der Waals surface area (Å²) in [6, 6.07) is 3.13. The summed E-state index contributed by atoms with van der Waals surface area (Å²) >= 11 is 0. The van der Waals surface area contributed by atoms with Crippen LogP contribution < -0.4 is 5.32 Å². The van der Waals surface area contributed by atoms with E-state index in [1.165, 1.54) is 6.07 Å². The summed E-state index contributed by atoms with van der Waals surface area (Å²) in [6.45, 7) is 1.69. The average molecular weight is 275 g/mol. The largest absolute Gasteiger partial charge is 0.296 e. The molecule has 1 aromatic heterocycles. The van der Waals surface area contributed by atoms with Gasteiger partial charge in [0.2, 0.25) is 11.8 Å². The highest BCUT2D eigenvalue weighted by Gasteiger charge is 2.31. The van der Waals surface area contributed by atoms with Crippen molar-refractivity contribution in [1.29, 1.82) is 0 Å². The molecule has 2 amide bonds. The Bertz CT molecular complexity index is 736. The summed E-state index contributed by atoms with van der Waals surface area (Å²) in [5.41, 5.74) is 1.85. The van der Waals surface area contributed by atoms with Crippen LogP contribution in [-0.4, -0.2) is 21.6 Å². The van der Waals surface area contributed by atoms with Crippen molar-refractivity contribution in [3.05, 3.63) is 29.2 Å². The number of hydrogen-bond donors (Lipinski definition) is 1. The van der Waals surface area contributed by atoms with Crippen LogP contribution in [0.4, 0.5) is 4.39 Å². The van der Waals surface area contributed by atoms with E-state index in [2.05, 4.69) is 10.4 Å². The van der Waals surface area contributed by atoms with E-state index in [-0.39, 0.29) is 24.1 Å². The maximum absolute atomic E-state index is 13.8. The summed E-state index contributed by atoms with van der Waals surface area (Å²) in [6.07, 6.45) is 0.690.